The lowest BCUT2D eigenvalue weighted by Crippen LogP contribution is -2.05. The van der Waals surface area contributed by atoms with Crippen molar-refractivity contribution >= 4 is 21.9 Å². The first-order valence-electron chi connectivity index (χ1n) is 7.58. The summed E-state index contributed by atoms with van der Waals surface area (Å²) in [5.74, 6) is 0. The van der Waals surface area contributed by atoms with Gasteiger partial charge in [-0.1, -0.05) is 30.3 Å². The highest BCUT2D eigenvalue weighted by Crippen LogP contribution is 2.38. The maximum Gasteiger partial charge on any atom is 0.339 e. The fourth-order valence-electron chi connectivity index (χ4n) is 3.17. The molecule has 3 heteroatoms. The zero-order valence-corrected chi connectivity index (χ0v) is 13.3. The Hall–Kier alpha value is -2.81. The van der Waals surface area contributed by atoms with Gasteiger partial charge in [0.1, 0.15) is 11.2 Å². The maximum absolute atomic E-state index is 11.9. The molecule has 0 aliphatic carbocycles. The van der Waals surface area contributed by atoms with Gasteiger partial charge < -0.3 is 8.83 Å². The van der Waals surface area contributed by atoms with Crippen LogP contribution in [0.3, 0.4) is 0 Å². The zero-order valence-electron chi connectivity index (χ0n) is 13.3. The summed E-state index contributed by atoms with van der Waals surface area (Å²) in [6.07, 6.45) is 1.78. The molecular weight excluding hydrogens is 288 g/mol. The number of fused-ring (bicyclic) bond motifs is 3. The predicted molar refractivity (Wildman–Crippen MR) is 91.9 cm³/mol. The molecule has 23 heavy (non-hydrogen) atoms. The standard InChI is InChI=1S/C20H16O3/c1-11-9-16-18(12(2)13(3)20(21)23-16)19-17(11)15(10-22-19)14-7-5-4-6-8-14/h4-10H,1-3H3. The van der Waals surface area contributed by atoms with Crippen molar-refractivity contribution in [2.45, 2.75) is 20.8 Å². The third kappa shape index (κ3) is 1.93. The van der Waals surface area contributed by atoms with Crippen molar-refractivity contribution in [3.8, 4) is 11.1 Å². The molecule has 0 saturated carbocycles. The predicted octanol–water partition coefficient (Wildman–Crippen LogP) is 5.13. The van der Waals surface area contributed by atoms with E-state index in [1.807, 2.05) is 38.1 Å². The summed E-state index contributed by atoms with van der Waals surface area (Å²) >= 11 is 0. The van der Waals surface area contributed by atoms with E-state index in [1.165, 1.54) is 0 Å². The van der Waals surface area contributed by atoms with Crippen molar-refractivity contribution in [3.05, 3.63) is 69.8 Å². The van der Waals surface area contributed by atoms with Gasteiger partial charge in [-0.2, -0.15) is 0 Å². The molecule has 4 aromatic rings. The highest BCUT2D eigenvalue weighted by molar-refractivity contribution is 6.10. The van der Waals surface area contributed by atoms with Crippen molar-refractivity contribution in [1.82, 2.24) is 0 Å². The molecule has 0 aliphatic heterocycles. The summed E-state index contributed by atoms with van der Waals surface area (Å²) < 4.78 is 11.4. The molecular formula is C20H16O3. The van der Waals surface area contributed by atoms with E-state index in [-0.39, 0.29) is 5.63 Å². The van der Waals surface area contributed by atoms with Crippen molar-refractivity contribution in [2.24, 2.45) is 0 Å². The van der Waals surface area contributed by atoms with Crippen molar-refractivity contribution < 1.29 is 8.83 Å². The summed E-state index contributed by atoms with van der Waals surface area (Å²) in [5.41, 5.74) is 5.81. The van der Waals surface area contributed by atoms with Gasteiger partial charge in [0, 0.05) is 16.5 Å². The van der Waals surface area contributed by atoms with Crippen LogP contribution < -0.4 is 5.63 Å². The second-order valence-corrected chi connectivity index (χ2v) is 5.93. The number of benzene rings is 2. The van der Waals surface area contributed by atoms with Crippen LogP contribution >= 0.6 is 0 Å². The molecule has 0 saturated heterocycles. The monoisotopic (exact) mass is 304 g/mol. The highest BCUT2D eigenvalue weighted by Gasteiger charge is 2.18. The Bertz CT molecular complexity index is 1100. The van der Waals surface area contributed by atoms with Crippen molar-refractivity contribution in [2.75, 3.05) is 0 Å². The van der Waals surface area contributed by atoms with E-state index in [0.717, 1.165) is 38.6 Å². The Labute approximate surface area is 133 Å². The van der Waals surface area contributed by atoms with E-state index in [1.54, 1.807) is 13.2 Å². The van der Waals surface area contributed by atoms with E-state index in [0.29, 0.717) is 11.1 Å². The first-order chi connectivity index (χ1) is 11.1. The Morgan fingerprint density at radius 3 is 2.39 bits per heavy atom. The van der Waals surface area contributed by atoms with Crippen LogP contribution in [0.4, 0.5) is 0 Å². The number of furan rings is 1. The van der Waals surface area contributed by atoms with Crippen LogP contribution in [0.15, 0.2) is 56.3 Å². The minimum Gasteiger partial charge on any atom is -0.463 e. The minimum atomic E-state index is -0.288. The molecule has 0 atom stereocenters. The van der Waals surface area contributed by atoms with Gasteiger partial charge in [0.25, 0.3) is 0 Å². The van der Waals surface area contributed by atoms with Gasteiger partial charge >= 0.3 is 5.63 Å². The lowest BCUT2D eigenvalue weighted by Gasteiger charge is -2.07. The number of hydrogen-bond donors (Lipinski definition) is 0. The minimum absolute atomic E-state index is 0.288. The molecule has 2 aromatic heterocycles. The molecule has 0 unspecified atom stereocenters. The van der Waals surface area contributed by atoms with E-state index >= 15 is 0 Å². The van der Waals surface area contributed by atoms with Gasteiger partial charge in [-0.25, -0.2) is 4.79 Å². The average Bonchev–Trinajstić information content (AvgIpc) is 2.99. The average molecular weight is 304 g/mol. The molecule has 3 nitrogen and oxygen atoms in total. The lowest BCUT2D eigenvalue weighted by atomic mass is 9.97. The molecule has 0 aliphatic rings. The zero-order chi connectivity index (χ0) is 16.1. The summed E-state index contributed by atoms with van der Waals surface area (Å²) in [5, 5.41) is 1.95. The second kappa shape index (κ2) is 4.85. The summed E-state index contributed by atoms with van der Waals surface area (Å²) in [6, 6.07) is 12.1. The summed E-state index contributed by atoms with van der Waals surface area (Å²) in [4.78, 5) is 11.9. The SMILES string of the molecule is Cc1c(C)c2c(cc(C)c3c(-c4ccccc4)coc32)oc1=O. The van der Waals surface area contributed by atoms with Crippen molar-refractivity contribution in [3.63, 3.8) is 0 Å². The van der Waals surface area contributed by atoms with Crippen LogP contribution in [0.25, 0.3) is 33.1 Å². The largest absolute Gasteiger partial charge is 0.463 e. The summed E-state index contributed by atoms with van der Waals surface area (Å²) in [7, 11) is 0. The van der Waals surface area contributed by atoms with Crippen molar-refractivity contribution in [1.29, 1.82) is 0 Å². The molecule has 2 heterocycles. The van der Waals surface area contributed by atoms with Crippen LogP contribution in [0.2, 0.25) is 0 Å². The number of rotatable bonds is 1. The lowest BCUT2D eigenvalue weighted by molar-refractivity contribution is 0.552. The van der Waals surface area contributed by atoms with Crippen LogP contribution in [0.1, 0.15) is 16.7 Å². The van der Waals surface area contributed by atoms with Gasteiger partial charge in [0.05, 0.1) is 11.6 Å². The van der Waals surface area contributed by atoms with E-state index in [4.69, 9.17) is 8.83 Å². The quantitative estimate of drug-likeness (QED) is 0.458. The first-order valence-corrected chi connectivity index (χ1v) is 7.58. The second-order valence-electron chi connectivity index (χ2n) is 5.93. The Morgan fingerprint density at radius 2 is 1.65 bits per heavy atom. The molecule has 4 rings (SSSR count). The number of aryl methyl sites for hydroxylation is 2. The van der Waals surface area contributed by atoms with E-state index in [9.17, 15) is 4.79 Å². The molecule has 0 amide bonds. The fourth-order valence-corrected chi connectivity index (χ4v) is 3.17. The molecule has 2 aromatic carbocycles. The molecule has 0 N–H and O–H groups in total. The Balaban J connectivity index is 2.19. The van der Waals surface area contributed by atoms with Gasteiger partial charge in [0.15, 0.2) is 0 Å². The van der Waals surface area contributed by atoms with E-state index in [2.05, 4.69) is 12.1 Å². The van der Waals surface area contributed by atoms with Crippen LogP contribution in [0, 0.1) is 20.8 Å². The van der Waals surface area contributed by atoms with Gasteiger partial charge in [-0.3, -0.25) is 0 Å². The van der Waals surface area contributed by atoms with Crippen LogP contribution in [-0.4, -0.2) is 0 Å². The third-order valence-electron chi connectivity index (χ3n) is 4.54. The normalized spacial score (nSPS) is 11.4. The molecule has 0 spiro atoms. The van der Waals surface area contributed by atoms with Crippen LogP contribution in [0.5, 0.6) is 0 Å². The topological polar surface area (TPSA) is 43.4 Å². The summed E-state index contributed by atoms with van der Waals surface area (Å²) in [6.45, 7) is 5.74. The van der Waals surface area contributed by atoms with Gasteiger partial charge in [0.2, 0.25) is 0 Å². The molecule has 0 bridgehead atoms. The van der Waals surface area contributed by atoms with Gasteiger partial charge in [-0.15, -0.1) is 0 Å². The molecule has 114 valence electrons. The first kappa shape index (κ1) is 13.8. The Morgan fingerprint density at radius 1 is 0.913 bits per heavy atom. The van der Waals surface area contributed by atoms with Crippen LogP contribution in [-0.2, 0) is 0 Å². The molecule has 0 radical (unpaired) electrons. The smallest absolute Gasteiger partial charge is 0.339 e. The maximum atomic E-state index is 11.9. The van der Waals surface area contributed by atoms with Gasteiger partial charge in [-0.05, 0) is 43.5 Å². The molecule has 0 fully saturated rings. The third-order valence-corrected chi connectivity index (χ3v) is 4.54. The number of hydrogen-bond acceptors (Lipinski definition) is 3. The fraction of sp³-hybridized carbons (Fsp3) is 0.150. The Kier molecular flexibility index (Phi) is 2.91. The highest BCUT2D eigenvalue weighted by atomic mass is 16.4. The van der Waals surface area contributed by atoms with E-state index < -0.39 is 0 Å².